The van der Waals surface area contributed by atoms with Crippen LogP contribution in [0, 0.1) is 6.92 Å². The van der Waals surface area contributed by atoms with Gasteiger partial charge in [-0.15, -0.1) is 0 Å². The van der Waals surface area contributed by atoms with Crippen molar-refractivity contribution in [3.8, 4) is 0 Å². The summed E-state index contributed by atoms with van der Waals surface area (Å²) in [5.74, 6) is -0.697. The molecule has 1 saturated heterocycles. The first-order chi connectivity index (χ1) is 11.8. The minimum absolute atomic E-state index is 0.345. The van der Waals surface area contributed by atoms with Crippen LogP contribution >= 0.6 is 0 Å². The molecule has 0 saturated carbocycles. The Morgan fingerprint density at radius 3 is 2.64 bits per heavy atom. The van der Waals surface area contributed by atoms with E-state index < -0.39 is 11.6 Å². The molecule has 2 heterocycles. The van der Waals surface area contributed by atoms with Crippen LogP contribution in [0.5, 0.6) is 0 Å². The molecule has 0 bridgehead atoms. The van der Waals surface area contributed by atoms with Gasteiger partial charge in [-0.25, -0.2) is 9.69 Å². The van der Waals surface area contributed by atoms with E-state index in [-0.39, 0.29) is 11.8 Å². The molecule has 0 atom stereocenters. The van der Waals surface area contributed by atoms with Crippen LogP contribution in [0.2, 0.25) is 0 Å². The minimum Gasteiger partial charge on any atom is -0.323 e. The fraction of sp³-hybridized carbons (Fsp3) is 0.235. The largest absolute Gasteiger partial charge is 0.329 e. The van der Waals surface area contributed by atoms with Gasteiger partial charge in [-0.1, -0.05) is 6.07 Å². The smallest absolute Gasteiger partial charge is 0.323 e. The molecule has 25 heavy (non-hydrogen) atoms. The van der Waals surface area contributed by atoms with E-state index in [1.54, 1.807) is 51.1 Å². The predicted molar refractivity (Wildman–Crippen MR) is 91.3 cm³/mol. The topological polar surface area (TPSA) is 104 Å². The van der Waals surface area contributed by atoms with E-state index >= 15 is 0 Å². The van der Waals surface area contributed by atoms with Crippen LogP contribution in [0.25, 0.3) is 0 Å². The molecule has 1 aromatic heterocycles. The van der Waals surface area contributed by atoms with E-state index in [4.69, 9.17) is 0 Å². The van der Waals surface area contributed by atoms with Gasteiger partial charge in [-0.3, -0.25) is 9.59 Å². The SMILES string of the molecule is Cc1nnccc1C(=O)Nc1cccc(N2C(=O)NC(C)(C)C2=O)c1. The van der Waals surface area contributed by atoms with Gasteiger partial charge in [0.15, 0.2) is 0 Å². The number of nitrogens with zero attached hydrogens (tertiary/aromatic N) is 3. The van der Waals surface area contributed by atoms with E-state index in [1.807, 2.05) is 0 Å². The fourth-order valence-electron chi connectivity index (χ4n) is 2.55. The van der Waals surface area contributed by atoms with Crippen LogP contribution in [-0.2, 0) is 4.79 Å². The molecule has 2 aromatic rings. The highest BCUT2D eigenvalue weighted by molar-refractivity contribution is 6.23. The molecule has 1 aliphatic rings. The zero-order valence-electron chi connectivity index (χ0n) is 14.0. The Morgan fingerprint density at radius 1 is 1.24 bits per heavy atom. The third-order valence-electron chi connectivity index (χ3n) is 3.87. The number of carbonyl (C=O) groups is 3. The summed E-state index contributed by atoms with van der Waals surface area (Å²) in [5, 5.41) is 12.9. The molecule has 1 aliphatic heterocycles. The van der Waals surface area contributed by atoms with Crippen LogP contribution in [0.3, 0.4) is 0 Å². The molecular weight excluding hydrogens is 322 g/mol. The number of aryl methyl sites for hydroxylation is 1. The zero-order chi connectivity index (χ0) is 18.2. The van der Waals surface area contributed by atoms with Crippen molar-refractivity contribution in [2.24, 2.45) is 0 Å². The standard InChI is InChI=1S/C17H17N5O3/c1-10-13(7-8-18-21-10)14(23)19-11-5-4-6-12(9-11)22-15(24)17(2,3)20-16(22)25/h4-9H,1-3H3,(H,19,23)(H,20,25). The zero-order valence-corrected chi connectivity index (χ0v) is 14.0. The fourth-order valence-corrected chi connectivity index (χ4v) is 2.55. The van der Waals surface area contributed by atoms with E-state index in [2.05, 4.69) is 20.8 Å². The van der Waals surface area contributed by atoms with Crippen LogP contribution in [0.15, 0.2) is 36.5 Å². The van der Waals surface area contributed by atoms with Gasteiger partial charge in [0.1, 0.15) is 5.54 Å². The van der Waals surface area contributed by atoms with Crippen molar-refractivity contribution >= 4 is 29.2 Å². The molecule has 3 rings (SSSR count). The van der Waals surface area contributed by atoms with Crippen LogP contribution in [0.4, 0.5) is 16.2 Å². The average molecular weight is 339 g/mol. The summed E-state index contributed by atoms with van der Waals surface area (Å²) in [5.41, 5.74) is 0.791. The van der Waals surface area contributed by atoms with Crippen molar-refractivity contribution in [3.05, 3.63) is 47.8 Å². The summed E-state index contributed by atoms with van der Waals surface area (Å²) in [7, 11) is 0. The van der Waals surface area contributed by atoms with Gasteiger partial charge in [0, 0.05) is 5.69 Å². The van der Waals surface area contributed by atoms with E-state index in [9.17, 15) is 14.4 Å². The maximum absolute atomic E-state index is 12.4. The predicted octanol–water partition coefficient (Wildman–Crippen LogP) is 1.87. The van der Waals surface area contributed by atoms with Crippen molar-refractivity contribution in [3.63, 3.8) is 0 Å². The Kier molecular flexibility index (Phi) is 3.96. The molecule has 128 valence electrons. The lowest BCUT2D eigenvalue weighted by Gasteiger charge is -2.17. The highest BCUT2D eigenvalue weighted by Crippen LogP contribution is 2.26. The number of urea groups is 1. The summed E-state index contributed by atoms with van der Waals surface area (Å²) in [6.45, 7) is 4.96. The number of hydrogen-bond donors (Lipinski definition) is 2. The van der Waals surface area contributed by atoms with Gasteiger partial charge in [-0.2, -0.15) is 10.2 Å². The van der Waals surface area contributed by atoms with Gasteiger partial charge >= 0.3 is 6.03 Å². The number of nitrogens with one attached hydrogen (secondary N) is 2. The molecule has 4 amide bonds. The lowest BCUT2D eigenvalue weighted by molar-refractivity contribution is -0.121. The summed E-state index contributed by atoms with van der Waals surface area (Å²) in [6.07, 6.45) is 1.44. The second kappa shape index (κ2) is 5.97. The van der Waals surface area contributed by atoms with Crippen LogP contribution < -0.4 is 15.5 Å². The number of carbonyl (C=O) groups excluding carboxylic acids is 3. The lowest BCUT2D eigenvalue weighted by Crippen LogP contribution is -2.40. The van der Waals surface area contributed by atoms with E-state index in [1.165, 1.54) is 6.20 Å². The Balaban J connectivity index is 1.86. The van der Waals surface area contributed by atoms with Crippen LogP contribution in [-0.4, -0.2) is 33.6 Å². The summed E-state index contributed by atoms with van der Waals surface area (Å²) < 4.78 is 0. The molecule has 8 heteroatoms. The second-order valence-corrected chi connectivity index (χ2v) is 6.23. The number of rotatable bonds is 3. The average Bonchev–Trinajstić information content (AvgIpc) is 2.75. The number of imide groups is 1. The minimum atomic E-state index is -0.962. The molecular formula is C17H17N5O3. The van der Waals surface area contributed by atoms with Crippen molar-refractivity contribution in [2.75, 3.05) is 10.2 Å². The Hall–Kier alpha value is -3.29. The number of benzene rings is 1. The summed E-state index contributed by atoms with van der Waals surface area (Å²) >= 11 is 0. The molecule has 0 radical (unpaired) electrons. The van der Waals surface area contributed by atoms with Gasteiger partial charge < -0.3 is 10.6 Å². The molecule has 1 aromatic carbocycles. The van der Waals surface area contributed by atoms with Gasteiger partial charge in [0.05, 0.1) is 23.1 Å². The lowest BCUT2D eigenvalue weighted by atomic mass is 10.1. The number of aromatic nitrogens is 2. The maximum atomic E-state index is 12.4. The molecule has 8 nitrogen and oxygen atoms in total. The van der Waals surface area contributed by atoms with E-state index in [0.29, 0.717) is 22.6 Å². The highest BCUT2D eigenvalue weighted by Gasteiger charge is 2.45. The second-order valence-electron chi connectivity index (χ2n) is 6.23. The van der Waals surface area contributed by atoms with Crippen molar-refractivity contribution in [1.29, 1.82) is 0 Å². The van der Waals surface area contributed by atoms with Gasteiger partial charge in [0.2, 0.25) is 0 Å². The molecule has 2 N–H and O–H groups in total. The van der Waals surface area contributed by atoms with Crippen molar-refractivity contribution < 1.29 is 14.4 Å². The molecule has 0 unspecified atom stereocenters. The Morgan fingerprint density at radius 2 is 2.00 bits per heavy atom. The van der Waals surface area contributed by atoms with Crippen LogP contribution in [0.1, 0.15) is 29.9 Å². The number of anilines is 2. The third-order valence-corrected chi connectivity index (χ3v) is 3.87. The highest BCUT2D eigenvalue weighted by atomic mass is 16.2. The Labute approximate surface area is 144 Å². The Bertz CT molecular complexity index is 878. The van der Waals surface area contributed by atoms with Gasteiger partial charge in [-0.05, 0) is 45.0 Å². The monoisotopic (exact) mass is 339 g/mol. The third kappa shape index (κ3) is 3.06. The molecule has 1 fully saturated rings. The van der Waals surface area contributed by atoms with Crippen molar-refractivity contribution in [1.82, 2.24) is 15.5 Å². The first kappa shape index (κ1) is 16.6. The molecule has 0 aliphatic carbocycles. The maximum Gasteiger partial charge on any atom is 0.329 e. The summed E-state index contributed by atoms with van der Waals surface area (Å²) in [4.78, 5) is 37.9. The number of hydrogen-bond acceptors (Lipinski definition) is 5. The first-order valence-electron chi connectivity index (χ1n) is 7.66. The van der Waals surface area contributed by atoms with Crippen molar-refractivity contribution in [2.45, 2.75) is 26.3 Å². The summed E-state index contributed by atoms with van der Waals surface area (Å²) in [6, 6.07) is 7.62. The van der Waals surface area contributed by atoms with E-state index in [0.717, 1.165) is 4.90 Å². The number of amides is 4. The van der Waals surface area contributed by atoms with Gasteiger partial charge in [0.25, 0.3) is 11.8 Å². The first-order valence-corrected chi connectivity index (χ1v) is 7.66. The quantitative estimate of drug-likeness (QED) is 0.831. The normalized spacial score (nSPS) is 15.9. The molecule has 0 spiro atoms.